The van der Waals surface area contributed by atoms with Gasteiger partial charge in [0.15, 0.2) is 5.11 Å². The van der Waals surface area contributed by atoms with E-state index in [1.807, 2.05) is 32.0 Å². The minimum Gasteiger partial charge on any atom is -0.490 e. The van der Waals surface area contributed by atoms with Gasteiger partial charge in [0.1, 0.15) is 5.75 Å². The number of halogens is 1. The molecule has 1 aromatic rings. The zero-order valence-corrected chi connectivity index (χ0v) is 12.0. The molecule has 17 heavy (non-hydrogen) atoms. The summed E-state index contributed by atoms with van der Waals surface area (Å²) in [6, 6.07) is 5.68. The standard InChI is InChI=1S/C11H14BrN3OS/c1-7(2)16-10-4-3-8(5-9(10)12)6-14-15-11(13)17/h3-7H,1-2H3,(H3,13,15,17). The second-order valence-corrected chi connectivity index (χ2v) is 4.88. The molecule has 0 heterocycles. The molecule has 0 amide bonds. The molecule has 0 spiro atoms. The van der Waals surface area contributed by atoms with Gasteiger partial charge < -0.3 is 10.5 Å². The first-order valence-corrected chi connectivity index (χ1v) is 6.24. The molecule has 0 fully saturated rings. The van der Waals surface area contributed by atoms with Gasteiger partial charge in [-0.1, -0.05) is 0 Å². The third kappa shape index (κ3) is 5.14. The van der Waals surface area contributed by atoms with Crippen LogP contribution in [0, 0.1) is 0 Å². The molecule has 0 radical (unpaired) electrons. The third-order valence-electron chi connectivity index (χ3n) is 1.71. The molecule has 0 aliphatic carbocycles. The molecule has 3 N–H and O–H groups in total. The zero-order valence-electron chi connectivity index (χ0n) is 9.61. The second-order valence-electron chi connectivity index (χ2n) is 3.59. The fourth-order valence-electron chi connectivity index (χ4n) is 1.12. The highest BCUT2D eigenvalue weighted by atomic mass is 79.9. The van der Waals surface area contributed by atoms with Crippen molar-refractivity contribution in [2.24, 2.45) is 10.8 Å². The first-order chi connectivity index (χ1) is 7.99. The summed E-state index contributed by atoms with van der Waals surface area (Å²) in [5.41, 5.74) is 8.65. The molecule has 4 nitrogen and oxygen atoms in total. The summed E-state index contributed by atoms with van der Waals surface area (Å²) in [6.07, 6.45) is 1.77. The van der Waals surface area contributed by atoms with Crippen LogP contribution in [0.25, 0.3) is 0 Å². The van der Waals surface area contributed by atoms with Crippen LogP contribution in [-0.2, 0) is 0 Å². The van der Waals surface area contributed by atoms with Crippen molar-refractivity contribution in [1.29, 1.82) is 0 Å². The van der Waals surface area contributed by atoms with Crippen molar-refractivity contribution in [3.63, 3.8) is 0 Å². The van der Waals surface area contributed by atoms with Gasteiger partial charge in [0, 0.05) is 0 Å². The molecule has 0 aromatic heterocycles. The number of nitrogens with zero attached hydrogens (tertiary/aromatic N) is 1. The molecule has 1 aromatic carbocycles. The average molecular weight is 316 g/mol. The first-order valence-electron chi connectivity index (χ1n) is 5.03. The van der Waals surface area contributed by atoms with Crippen LogP contribution in [0.2, 0.25) is 0 Å². The molecular formula is C11H14BrN3OS. The number of hydrazone groups is 1. The summed E-state index contributed by atoms with van der Waals surface area (Å²) in [5, 5.41) is 4.01. The highest BCUT2D eigenvalue weighted by Gasteiger charge is 2.03. The molecule has 0 aliphatic heterocycles. The molecular weight excluding hydrogens is 302 g/mol. The van der Waals surface area contributed by atoms with E-state index in [0.29, 0.717) is 0 Å². The van der Waals surface area contributed by atoms with Crippen LogP contribution in [0.5, 0.6) is 5.75 Å². The Morgan fingerprint density at radius 1 is 1.59 bits per heavy atom. The zero-order chi connectivity index (χ0) is 12.8. The summed E-state index contributed by atoms with van der Waals surface area (Å²) in [6.45, 7) is 3.96. The molecule has 0 saturated carbocycles. The molecule has 0 unspecified atom stereocenters. The van der Waals surface area contributed by atoms with Crippen molar-refractivity contribution >= 4 is 39.5 Å². The van der Waals surface area contributed by atoms with E-state index in [-0.39, 0.29) is 11.2 Å². The van der Waals surface area contributed by atoms with Crippen molar-refractivity contribution in [1.82, 2.24) is 5.43 Å². The number of benzene rings is 1. The largest absolute Gasteiger partial charge is 0.490 e. The fraction of sp³-hybridized carbons (Fsp3) is 0.273. The van der Waals surface area contributed by atoms with Crippen molar-refractivity contribution in [3.05, 3.63) is 28.2 Å². The van der Waals surface area contributed by atoms with Crippen LogP contribution >= 0.6 is 28.1 Å². The van der Waals surface area contributed by atoms with Crippen LogP contribution in [-0.4, -0.2) is 17.4 Å². The summed E-state index contributed by atoms with van der Waals surface area (Å²) in [5.74, 6) is 0.805. The molecule has 0 bridgehead atoms. The van der Waals surface area contributed by atoms with Crippen LogP contribution in [0.1, 0.15) is 19.4 Å². The molecule has 6 heteroatoms. The van der Waals surface area contributed by atoms with Crippen molar-refractivity contribution < 1.29 is 4.74 Å². The Morgan fingerprint density at radius 3 is 2.82 bits per heavy atom. The maximum absolute atomic E-state index is 5.59. The van der Waals surface area contributed by atoms with E-state index in [9.17, 15) is 0 Å². The molecule has 1 rings (SSSR count). The van der Waals surface area contributed by atoms with Gasteiger partial charge >= 0.3 is 0 Å². The Labute approximate surface area is 114 Å². The van der Waals surface area contributed by atoms with Gasteiger partial charge in [-0.2, -0.15) is 5.10 Å². The Bertz CT molecular complexity index is 435. The Morgan fingerprint density at radius 2 is 2.29 bits per heavy atom. The SMILES string of the molecule is CC(C)Oc1ccc(C=NNC(N)=S)cc1Br. The molecule has 92 valence electrons. The summed E-state index contributed by atoms with van der Waals surface area (Å²) < 4.78 is 6.47. The fourth-order valence-corrected chi connectivity index (χ4v) is 1.66. The third-order valence-corrected chi connectivity index (χ3v) is 2.42. The quantitative estimate of drug-likeness (QED) is 0.509. The van der Waals surface area contributed by atoms with Crippen LogP contribution in [0.4, 0.5) is 0 Å². The van der Waals surface area contributed by atoms with Gasteiger partial charge in [-0.15, -0.1) is 0 Å². The number of ether oxygens (including phenoxy) is 1. The van der Waals surface area contributed by atoms with E-state index in [0.717, 1.165) is 15.8 Å². The summed E-state index contributed by atoms with van der Waals surface area (Å²) in [7, 11) is 0. The lowest BCUT2D eigenvalue weighted by molar-refractivity contribution is 0.241. The number of nitrogens with one attached hydrogen (secondary N) is 1. The maximum Gasteiger partial charge on any atom is 0.184 e. The van der Waals surface area contributed by atoms with Gasteiger partial charge in [-0.25, -0.2) is 0 Å². The van der Waals surface area contributed by atoms with E-state index in [4.69, 9.17) is 10.5 Å². The van der Waals surface area contributed by atoms with E-state index in [2.05, 4.69) is 38.7 Å². The number of thiocarbonyl (C=S) groups is 1. The lowest BCUT2D eigenvalue weighted by atomic mass is 10.2. The topological polar surface area (TPSA) is 59.6 Å². The average Bonchev–Trinajstić information content (AvgIpc) is 2.21. The normalized spacial score (nSPS) is 10.8. The van der Waals surface area contributed by atoms with Crippen LogP contribution < -0.4 is 15.9 Å². The Balaban J connectivity index is 2.74. The predicted octanol–water partition coefficient (Wildman–Crippen LogP) is 2.40. The highest BCUT2D eigenvalue weighted by molar-refractivity contribution is 9.10. The van der Waals surface area contributed by atoms with Gasteiger partial charge in [0.05, 0.1) is 16.8 Å². The number of hydrogen-bond donors (Lipinski definition) is 2. The minimum absolute atomic E-state index is 0.139. The summed E-state index contributed by atoms with van der Waals surface area (Å²) in [4.78, 5) is 0. The maximum atomic E-state index is 5.59. The number of rotatable bonds is 4. The Kier molecular flexibility index (Phi) is 5.37. The molecule has 0 saturated heterocycles. The van der Waals surface area contributed by atoms with Gasteiger partial charge in [0.2, 0.25) is 0 Å². The Hall–Kier alpha value is -1.14. The first kappa shape index (κ1) is 13.9. The molecule has 0 atom stereocenters. The number of hydrogen-bond acceptors (Lipinski definition) is 3. The monoisotopic (exact) mass is 315 g/mol. The lowest BCUT2D eigenvalue weighted by Gasteiger charge is -2.11. The lowest BCUT2D eigenvalue weighted by Crippen LogP contribution is -2.23. The van der Waals surface area contributed by atoms with Gasteiger partial charge in [-0.3, -0.25) is 5.43 Å². The molecule has 0 aliphatic rings. The highest BCUT2D eigenvalue weighted by Crippen LogP contribution is 2.26. The van der Waals surface area contributed by atoms with Crippen molar-refractivity contribution in [2.45, 2.75) is 20.0 Å². The van der Waals surface area contributed by atoms with Gasteiger partial charge in [-0.05, 0) is 65.8 Å². The minimum atomic E-state index is 0.139. The second kappa shape index (κ2) is 6.56. The number of nitrogens with two attached hydrogens (primary N) is 1. The van der Waals surface area contributed by atoms with Crippen LogP contribution in [0.3, 0.4) is 0 Å². The van der Waals surface area contributed by atoms with E-state index in [1.165, 1.54) is 0 Å². The predicted molar refractivity (Wildman–Crippen MR) is 77.4 cm³/mol. The van der Waals surface area contributed by atoms with Crippen molar-refractivity contribution in [3.8, 4) is 5.75 Å². The van der Waals surface area contributed by atoms with E-state index >= 15 is 0 Å². The van der Waals surface area contributed by atoms with Crippen LogP contribution in [0.15, 0.2) is 27.8 Å². The van der Waals surface area contributed by atoms with E-state index < -0.39 is 0 Å². The smallest absolute Gasteiger partial charge is 0.184 e. The van der Waals surface area contributed by atoms with E-state index in [1.54, 1.807) is 6.21 Å². The van der Waals surface area contributed by atoms with Crippen molar-refractivity contribution in [2.75, 3.05) is 0 Å². The van der Waals surface area contributed by atoms with Gasteiger partial charge in [0.25, 0.3) is 0 Å². The summed E-state index contributed by atoms with van der Waals surface area (Å²) >= 11 is 8.07.